The number of rotatable bonds is 8. The first-order valence-corrected chi connectivity index (χ1v) is 5.15. The Hall–Kier alpha value is -0.640. The van der Waals surface area contributed by atoms with Crippen LogP contribution in [-0.2, 0) is 0 Å². The van der Waals surface area contributed by atoms with E-state index in [1.165, 1.54) is 18.0 Å². The van der Waals surface area contributed by atoms with Gasteiger partial charge < -0.3 is 0 Å². The second kappa shape index (κ2) is 7.98. The lowest BCUT2D eigenvalue weighted by Gasteiger charge is -2.27. The molecule has 13 heavy (non-hydrogen) atoms. The predicted octanol–water partition coefficient (Wildman–Crippen LogP) is 2.42. The van der Waals surface area contributed by atoms with Crippen molar-refractivity contribution in [2.45, 2.75) is 40.0 Å². The van der Waals surface area contributed by atoms with Crippen LogP contribution in [0.1, 0.15) is 40.0 Å². The van der Waals surface area contributed by atoms with Crippen molar-refractivity contribution in [2.24, 2.45) is 5.29 Å². The van der Waals surface area contributed by atoms with Crippen molar-refractivity contribution < 1.29 is 0 Å². The minimum atomic E-state index is 0.656. The molecule has 0 aromatic carbocycles. The van der Waals surface area contributed by atoms with E-state index in [1.54, 1.807) is 0 Å². The molecule has 0 rings (SSSR count). The number of hydrogen-bond acceptors (Lipinski definition) is 3. The zero-order valence-electron chi connectivity index (χ0n) is 8.99. The van der Waals surface area contributed by atoms with Crippen molar-refractivity contribution in [3.05, 3.63) is 4.91 Å². The summed E-state index contributed by atoms with van der Waals surface area (Å²) in [6, 6.07) is 0. The number of unbranched alkanes of at least 4 members (excludes halogenated alkanes) is 2. The largest absolute Gasteiger partial charge is 0.202 e. The molecule has 0 unspecified atom stereocenters. The zero-order chi connectivity index (χ0) is 10.1. The number of nitrogens with zero attached hydrogens (tertiary/aromatic N) is 3. The minimum absolute atomic E-state index is 0.656. The molecular formula is C9H21N3O. The van der Waals surface area contributed by atoms with Crippen LogP contribution >= 0.6 is 0 Å². The van der Waals surface area contributed by atoms with E-state index < -0.39 is 0 Å². The highest BCUT2D eigenvalue weighted by atomic mass is 16.3. The first kappa shape index (κ1) is 12.4. The quantitative estimate of drug-likeness (QED) is 0.332. The van der Waals surface area contributed by atoms with Crippen LogP contribution in [0.15, 0.2) is 5.29 Å². The molecule has 0 spiro atoms. The van der Waals surface area contributed by atoms with Gasteiger partial charge in [0.05, 0.1) is 11.8 Å². The highest BCUT2D eigenvalue weighted by Crippen LogP contribution is 2.02. The summed E-state index contributed by atoms with van der Waals surface area (Å²) < 4.78 is 0. The Morgan fingerprint density at radius 2 is 1.77 bits per heavy atom. The van der Waals surface area contributed by atoms with Gasteiger partial charge in [0.2, 0.25) is 0 Å². The van der Waals surface area contributed by atoms with Crippen LogP contribution in [0.5, 0.6) is 0 Å². The summed E-state index contributed by atoms with van der Waals surface area (Å²) in [5, 5.41) is 6.45. The van der Waals surface area contributed by atoms with Crippen LogP contribution < -0.4 is 0 Å². The van der Waals surface area contributed by atoms with E-state index in [0.717, 1.165) is 19.5 Å². The number of hydrazine groups is 1. The van der Waals surface area contributed by atoms with Gasteiger partial charge in [-0.15, -0.1) is 4.91 Å². The second-order valence-corrected chi connectivity index (χ2v) is 3.02. The lowest BCUT2D eigenvalue weighted by atomic mass is 10.2. The highest BCUT2D eigenvalue weighted by Gasteiger charge is 2.09. The van der Waals surface area contributed by atoms with E-state index in [2.05, 4.69) is 12.2 Å². The summed E-state index contributed by atoms with van der Waals surface area (Å²) in [5.41, 5.74) is 0. The lowest BCUT2D eigenvalue weighted by Crippen LogP contribution is -2.39. The van der Waals surface area contributed by atoms with E-state index >= 15 is 0 Å². The van der Waals surface area contributed by atoms with Gasteiger partial charge >= 0.3 is 0 Å². The average molecular weight is 187 g/mol. The molecule has 0 aromatic heterocycles. The molecule has 0 aliphatic carbocycles. The summed E-state index contributed by atoms with van der Waals surface area (Å²) in [6.45, 7) is 8.59. The first-order chi connectivity index (χ1) is 6.29. The van der Waals surface area contributed by atoms with Crippen molar-refractivity contribution in [3.63, 3.8) is 0 Å². The topological polar surface area (TPSA) is 35.9 Å². The number of nitroso groups, excluding NO2 is 1. The Morgan fingerprint density at radius 3 is 2.15 bits per heavy atom. The van der Waals surface area contributed by atoms with E-state index in [0.29, 0.717) is 6.54 Å². The van der Waals surface area contributed by atoms with E-state index in [9.17, 15) is 4.91 Å². The van der Waals surface area contributed by atoms with Crippen LogP contribution in [0, 0.1) is 4.91 Å². The fourth-order valence-electron chi connectivity index (χ4n) is 1.29. The normalized spacial score (nSPS) is 10.5. The van der Waals surface area contributed by atoms with Crippen LogP contribution in [0.2, 0.25) is 0 Å². The first-order valence-electron chi connectivity index (χ1n) is 5.15. The predicted molar refractivity (Wildman–Crippen MR) is 54.9 cm³/mol. The molecule has 0 bridgehead atoms. The van der Waals surface area contributed by atoms with Gasteiger partial charge in [0, 0.05) is 13.1 Å². The van der Waals surface area contributed by atoms with Crippen LogP contribution in [0.3, 0.4) is 0 Å². The molecule has 0 atom stereocenters. The molecule has 0 heterocycles. The Kier molecular flexibility index (Phi) is 7.59. The van der Waals surface area contributed by atoms with E-state index in [1.807, 2.05) is 18.9 Å². The molecule has 0 fully saturated rings. The summed E-state index contributed by atoms with van der Waals surface area (Å²) in [5.74, 6) is 0. The fourth-order valence-corrected chi connectivity index (χ4v) is 1.29. The van der Waals surface area contributed by atoms with Crippen molar-refractivity contribution in [1.82, 2.24) is 10.1 Å². The van der Waals surface area contributed by atoms with Gasteiger partial charge in [-0.1, -0.05) is 26.7 Å². The van der Waals surface area contributed by atoms with Crippen LogP contribution in [0.25, 0.3) is 0 Å². The molecule has 0 radical (unpaired) electrons. The van der Waals surface area contributed by atoms with E-state index in [4.69, 9.17) is 0 Å². The minimum Gasteiger partial charge on any atom is -0.202 e. The fraction of sp³-hybridized carbons (Fsp3) is 1.00. The van der Waals surface area contributed by atoms with Gasteiger partial charge in [-0.25, -0.2) is 5.01 Å². The smallest absolute Gasteiger partial charge is 0.0686 e. The van der Waals surface area contributed by atoms with Gasteiger partial charge in [0.15, 0.2) is 0 Å². The molecule has 0 aromatic rings. The van der Waals surface area contributed by atoms with Crippen molar-refractivity contribution in [2.75, 3.05) is 19.6 Å². The van der Waals surface area contributed by atoms with Crippen molar-refractivity contribution in [3.8, 4) is 0 Å². The summed E-state index contributed by atoms with van der Waals surface area (Å²) in [4.78, 5) is 10.4. The van der Waals surface area contributed by atoms with Gasteiger partial charge in [-0.05, 0) is 13.3 Å². The Bertz CT molecular complexity index is 130. The molecule has 4 nitrogen and oxygen atoms in total. The van der Waals surface area contributed by atoms with Gasteiger partial charge in [0.25, 0.3) is 0 Å². The van der Waals surface area contributed by atoms with Gasteiger partial charge in [-0.3, -0.25) is 0 Å². The zero-order valence-corrected chi connectivity index (χ0v) is 8.99. The summed E-state index contributed by atoms with van der Waals surface area (Å²) in [6.07, 6.45) is 3.56. The SMILES string of the molecule is CCCCCN(CC)N(CC)N=O. The molecule has 4 heteroatoms. The average Bonchev–Trinajstić information content (AvgIpc) is 2.17. The van der Waals surface area contributed by atoms with Gasteiger partial charge in [-0.2, -0.15) is 5.12 Å². The van der Waals surface area contributed by atoms with Crippen LogP contribution in [0.4, 0.5) is 0 Å². The Labute approximate surface area is 80.8 Å². The molecule has 0 amide bonds. The van der Waals surface area contributed by atoms with E-state index in [-0.39, 0.29) is 0 Å². The number of hydrogen-bond donors (Lipinski definition) is 0. The monoisotopic (exact) mass is 187 g/mol. The Morgan fingerprint density at radius 1 is 1.08 bits per heavy atom. The molecular weight excluding hydrogens is 166 g/mol. The second-order valence-electron chi connectivity index (χ2n) is 3.02. The third-order valence-corrected chi connectivity index (χ3v) is 2.09. The molecule has 78 valence electrons. The van der Waals surface area contributed by atoms with Crippen molar-refractivity contribution >= 4 is 0 Å². The molecule has 0 aliphatic rings. The van der Waals surface area contributed by atoms with Gasteiger partial charge in [0.1, 0.15) is 0 Å². The van der Waals surface area contributed by atoms with Crippen molar-refractivity contribution in [1.29, 1.82) is 0 Å². The standard InChI is InChI=1S/C9H21N3O/c1-4-7-8-9-11(5-2)12(6-3)10-13/h4-9H2,1-3H3. The summed E-state index contributed by atoms with van der Waals surface area (Å²) in [7, 11) is 0. The molecule has 0 saturated carbocycles. The maximum Gasteiger partial charge on any atom is 0.0686 e. The third kappa shape index (κ3) is 4.83. The molecule has 0 N–H and O–H groups in total. The molecule has 0 aliphatic heterocycles. The maximum atomic E-state index is 10.4. The molecule has 0 saturated heterocycles. The maximum absolute atomic E-state index is 10.4. The Balaban J connectivity index is 3.78. The summed E-state index contributed by atoms with van der Waals surface area (Å²) >= 11 is 0. The highest BCUT2D eigenvalue weighted by molar-refractivity contribution is 4.51. The van der Waals surface area contributed by atoms with Crippen LogP contribution in [-0.4, -0.2) is 29.8 Å². The lowest BCUT2D eigenvalue weighted by molar-refractivity contribution is -0.0177. The third-order valence-electron chi connectivity index (χ3n) is 2.09.